The Kier molecular flexibility index (Phi) is 7.79. The van der Waals surface area contributed by atoms with E-state index >= 15 is 0 Å². The van der Waals surface area contributed by atoms with Gasteiger partial charge in [0.05, 0.1) is 16.7 Å². The topological polar surface area (TPSA) is 128 Å². The van der Waals surface area contributed by atoms with E-state index < -0.39 is 42.3 Å². The van der Waals surface area contributed by atoms with Crippen molar-refractivity contribution < 1.29 is 28.6 Å². The highest BCUT2D eigenvalue weighted by atomic mass is 16.6. The Labute approximate surface area is 285 Å². The molecule has 0 fully saturated rings. The minimum atomic E-state index is -1.42. The van der Waals surface area contributed by atoms with E-state index in [0.717, 1.165) is 32.3 Å². The summed E-state index contributed by atoms with van der Waals surface area (Å²) in [6, 6.07) is 39.8. The maximum Gasteiger partial charge on any atom is 0.338 e. The summed E-state index contributed by atoms with van der Waals surface area (Å²) < 4.78 is 18.6. The summed E-state index contributed by atoms with van der Waals surface area (Å²) in [5.74, 6) is -2.15. The number of esters is 3. The highest BCUT2D eigenvalue weighted by molar-refractivity contribution is 6.24. The molecule has 0 heterocycles. The summed E-state index contributed by atoms with van der Waals surface area (Å²) in [6.45, 7) is 0. The van der Waals surface area contributed by atoms with Crippen molar-refractivity contribution >= 4 is 50.2 Å². The first-order chi connectivity index (χ1) is 24.5. The predicted molar refractivity (Wildman–Crippen MR) is 188 cm³/mol. The first kappa shape index (κ1) is 30.6. The summed E-state index contributed by atoms with van der Waals surface area (Å²) in [7, 11) is 0. The molecule has 7 aromatic carbocycles. The van der Waals surface area contributed by atoms with Crippen LogP contribution in [0.1, 0.15) is 54.3 Å². The maximum atomic E-state index is 13.8. The van der Waals surface area contributed by atoms with Gasteiger partial charge >= 0.3 is 17.9 Å². The molecule has 7 aromatic rings. The molecule has 242 valence electrons. The zero-order valence-electron chi connectivity index (χ0n) is 26.4. The summed E-state index contributed by atoms with van der Waals surface area (Å²) in [6.07, 6.45) is -4.09. The number of fused-ring (bicyclic) bond motifs is 2. The molecule has 0 aromatic heterocycles. The number of carbonyl (C=O) groups is 3. The number of hydrogen-bond acceptors (Lipinski definition) is 7. The first-order valence-electron chi connectivity index (χ1n) is 16.0. The molecule has 0 radical (unpaired) electrons. The van der Waals surface area contributed by atoms with Crippen LogP contribution in [0.5, 0.6) is 0 Å². The lowest BCUT2D eigenvalue weighted by molar-refractivity contribution is -0.103. The fraction of sp³-hybridized carbons (Fsp3) is 0.0976. The average Bonchev–Trinajstić information content (AvgIpc) is 3.17. The molecule has 0 bridgehead atoms. The number of benzene rings is 7. The molecule has 8 rings (SSSR count). The number of nitrogens with zero attached hydrogens (tertiary/aromatic N) is 3. The number of ether oxygens (including phenoxy) is 3. The SMILES string of the molecule is [N-]=[N+]=N[C@@H]1c2c(cc3ccc4cccc5ccc2c3c45)[C@@H](OC(=O)c2ccccc2)[C@H](OC(=O)c2ccccc2)[C@H]1OC(=O)c1ccccc1. The van der Waals surface area contributed by atoms with Gasteiger partial charge in [0.25, 0.3) is 0 Å². The summed E-state index contributed by atoms with van der Waals surface area (Å²) in [4.78, 5) is 44.5. The van der Waals surface area contributed by atoms with Crippen molar-refractivity contribution in [3.63, 3.8) is 0 Å². The number of rotatable bonds is 7. The molecule has 0 spiro atoms. The van der Waals surface area contributed by atoms with Crippen LogP contribution in [0.25, 0.3) is 42.8 Å². The third kappa shape index (κ3) is 5.32. The Balaban J connectivity index is 1.38. The zero-order valence-corrected chi connectivity index (χ0v) is 26.4. The van der Waals surface area contributed by atoms with E-state index in [4.69, 9.17) is 14.2 Å². The van der Waals surface area contributed by atoms with E-state index in [1.54, 1.807) is 91.0 Å². The molecule has 0 N–H and O–H groups in total. The van der Waals surface area contributed by atoms with Crippen LogP contribution in [-0.2, 0) is 14.2 Å². The number of carbonyl (C=O) groups excluding carboxylic acids is 3. The van der Waals surface area contributed by atoms with Gasteiger partial charge in [0.1, 0.15) is 6.04 Å². The van der Waals surface area contributed by atoms with Gasteiger partial charge in [0, 0.05) is 10.5 Å². The van der Waals surface area contributed by atoms with E-state index in [9.17, 15) is 19.9 Å². The fourth-order valence-corrected chi connectivity index (χ4v) is 6.97. The number of azide groups is 1. The van der Waals surface area contributed by atoms with Gasteiger partial charge in [-0.1, -0.05) is 102 Å². The van der Waals surface area contributed by atoms with Crippen molar-refractivity contribution in [2.24, 2.45) is 5.11 Å². The molecule has 9 nitrogen and oxygen atoms in total. The van der Waals surface area contributed by atoms with Crippen LogP contribution in [0.2, 0.25) is 0 Å². The average molecular weight is 658 g/mol. The van der Waals surface area contributed by atoms with Gasteiger partial charge in [-0.15, -0.1) is 0 Å². The summed E-state index contributed by atoms with van der Waals surface area (Å²) in [5, 5.41) is 9.75. The summed E-state index contributed by atoms with van der Waals surface area (Å²) in [5.41, 5.74) is 11.7. The minimum Gasteiger partial charge on any atom is -0.454 e. The van der Waals surface area contributed by atoms with Crippen LogP contribution in [0, 0.1) is 0 Å². The van der Waals surface area contributed by atoms with Gasteiger partial charge in [-0.3, -0.25) is 0 Å². The molecular formula is C41H27N3O6. The second kappa shape index (κ2) is 12.7. The molecule has 0 unspecified atom stereocenters. The molecule has 0 amide bonds. The lowest BCUT2D eigenvalue weighted by atomic mass is 9.77. The molecule has 50 heavy (non-hydrogen) atoms. The van der Waals surface area contributed by atoms with Gasteiger partial charge in [0.2, 0.25) is 0 Å². The fourth-order valence-electron chi connectivity index (χ4n) is 6.97. The van der Waals surface area contributed by atoms with Crippen LogP contribution < -0.4 is 0 Å². The molecule has 4 atom stereocenters. The first-order valence-corrected chi connectivity index (χ1v) is 16.0. The molecule has 0 saturated heterocycles. The van der Waals surface area contributed by atoms with E-state index in [1.165, 1.54) is 0 Å². The standard InChI is InChI=1S/C41H27N3O6/c42-44-43-35-34-30-22-21-25-18-10-17-24-19-20-29(33(30)32(24)25)23-31(34)36(48-39(45)26-11-4-1-5-12-26)38(50-41(47)28-15-8-3-9-16-28)37(35)49-40(46)27-13-6-2-7-14-27/h1-23,35-38H/t35-,36-,37+,38+/m1/s1. The monoisotopic (exact) mass is 657 g/mol. The van der Waals surface area contributed by atoms with Crippen molar-refractivity contribution in [2.45, 2.75) is 24.4 Å². The van der Waals surface area contributed by atoms with Crippen LogP contribution >= 0.6 is 0 Å². The van der Waals surface area contributed by atoms with Gasteiger partial charge in [-0.25, -0.2) is 14.4 Å². The smallest absolute Gasteiger partial charge is 0.338 e. The molecule has 9 heteroatoms. The van der Waals surface area contributed by atoms with Crippen molar-refractivity contribution in [3.05, 3.63) is 178 Å². The highest BCUT2D eigenvalue weighted by Crippen LogP contribution is 2.50. The molecule has 1 aliphatic rings. The predicted octanol–water partition coefficient (Wildman–Crippen LogP) is 9.30. The van der Waals surface area contributed by atoms with Crippen molar-refractivity contribution in [1.29, 1.82) is 0 Å². The summed E-state index contributed by atoms with van der Waals surface area (Å²) >= 11 is 0. The Morgan fingerprint density at radius 1 is 0.540 bits per heavy atom. The number of hydrogen-bond donors (Lipinski definition) is 0. The van der Waals surface area contributed by atoms with E-state index in [-0.39, 0.29) is 16.7 Å². The molecular weight excluding hydrogens is 630 g/mol. The second-order valence-corrected chi connectivity index (χ2v) is 12.0. The van der Waals surface area contributed by atoms with E-state index in [1.807, 2.05) is 48.5 Å². The van der Waals surface area contributed by atoms with Gasteiger partial charge in [-0.2, -0.15) is 0 Å². The Bertz CT molecular complexity index is 2430. The lowest BCUT2D eigenvalue weighted by Gasteiger charge is -2.41. The third-order valence-electron chi connectivity index (χ3n) is 9.18. The Morgan fingerprint density at radius 3 is 1.60 bits per heavy atom. The van der Waals surface area contributed by atoms with Gasteiger partial charge < -0.3 is 14.2 Å². The van der Waals surface area contributed by atoms with Crippen LogP contribution in [0.15, 0.2) is 145 Å². The molecule has 1 aliphatic carbocycles. The Morgan fingerprint density at radius 2 is 1.04 bits per heavy atom. The van der Waals surface area contributed by atoms with Crippen molar-refractivity contribution in [3.8, 4) is 0 Å². The van der Waals surface area contributed by atoms with Gasteiger partial charge in [-0.05, 0) is 85.9 Å². The lowest BCUT2D eigenvalue weighted by Crippen LogP contribution is -2.48. The highest BCUT2D eigenvalue weighted by Gasteiger charge is 2.50. The van der Waals surface area contributed by atoms with Crippen LogP contribution in [-0.4, -0.2) is 30.1 Å². The maximum absolute atomic E-state index is 13.8. The molecule has 0 aliphatic heterocycles. The van der Waals surface area contributed by atoms with Crippen LogP contribution in [0.4, 0.5) is 0 Å². The molecule has 0 saturated carbocycles. The van der Waals surface area contributed by atoms with E-state index in [0.29, 0.717) is 11.1 Å². The zero-order chi connectivity index (χ0) is 34.2. The second-order valence-electron chi connectivity index (χ2n) is 12.0. The van der Waals surface area contributed by atoms with Gasteiger partial charge in [0.15, 0.2) is 18.3 Å². The normalized spacial score (nSPS) is 18.2. The third-order valence-corrected chi connectivity index (χ3v) is 9.18. The minimum absolute atomic E-state index is 0.232. The Hall–Kier alpha value is -6.70. The van der Waals surface area contributed by atoms with E-state index in [2.05, 4.69) is 10.0 Å². The quantitative estimate of drug-likeness (QED) is 0.0420. The largest absolute Gasteiger partial charge is 0.454 e. The van der Waals surface area contributed by atoms with Crippen molar-refractivity contribution in [1.82, 2.24) is 0 Å². The van der Waals surface area contributed by atoms with Crippen molar-refractivity contribution in [2.75, 3.05) is 0 Å². The van der Waals surface area contributed by atoms with Crippen LogP contribution in [0.3, 0.4) is 0 Å².